The van der Waals surface area contributed by atoms with Gasteiger partial charge < -0.3 is 0 Å². The van der Waals surface area contributed by atoms with E-state index in [4.69, 9.17) is 27.4 Å². The topological polar surface area (TPSA) is 63.8 Å². The summed E-state index contributed by atoms with van der Waals surface area (Å²) in [6.07, 6.45) is 8.44. The Morgan fingerprint density at radius 3 is 2.53 bits per heavy atom. The fraction of sp³-hybridized carbons (Fsp3) is 0.304. The van der Waals surface area contributed by atoms with Crippen LogP contribution in [0.15, 0.2) is 42.5 Å². The van der Waals surface area contributed by atoms with Gasteiger partial charge in [0.15, 0.2) is 5.82 Å². The quantitative estimate of drug-likeness (QED) is 0.361. The molecule has 2 atom stereocenters. The van der Waals surface area contributed by atoms with E-state index in [1.54, 1.807) is 0 Å². The van der Waals surface area contributed by atoms with Crippen LogP contribution in [-0.2, 0) is 0 Å². The molecule has 1 aliphatic carbocycles. The molecule has 0 unspecified atom stereocenters. The van der Waals surface area contributed by atoms with E-state index in [0.717, 1.165) is 58.7 Å². The normalized spacial score (nSPS) is 18.8. The van der Waals surface area contributed by atoms with Crippen molar-refractivity contribution >= 4 is 59.5 Å². The second-order valence-electron chi connectivity index (χ2n) is 7.60. The summed E-state index contributed by atoms with van der Waals surface area (Å²) in [5.41, 5.74) is 7.40. The number of benzene rings is 2. The zero-order chi connectivity index (χ0) is 19.5. The van der Waals surface area contributed by atoms with E-state index in [1.807, 2.05) is 36.4 Å². The highest BCUT2D eigenvalue weighted by Crippen LogP contribution is 2.35. The number of nitrogens with two attached hydrogens (primary N) is 1. The zero-order valence-corrected chi connectivity index (χ0v) is 19.2. The fourth-order valence-electron chi connectivity index (χ4n) is 4.00. The van der Waals surface area contributed by atoms with E-state index in [0.29, 0.717) is 12.0 Å². The Kier molecular flexibility index (Phi) is 9.08. The summed E-state index contributed by atoms with van der Waals surface area (Å²) in [4.78, 5) is 9.75. The van der Waals surface area contributed by atoms with Crippen molar-refractivity contribution in [3.8, 4) is 0 Å². The van der Waals surface area contributed by atoms with Crippen LogP contribution in [0.5, 0.6) is 0 Å². The van der Waals surface area contributed by atoms with Crippen LogP contribution in [0, 0.1) is 6.92 Å². The van der Waals surface area contributed by atoms with E-state index in [9.17, 15) is 0 Å². The van der Waals surface area contributed by atoms with Crippen molar-refractivity contribution in [2.24, 2.45) is 5.84 Å². The maximum atomic E-state index is 5.97. The van der Waals surface area contributed by atoms with Gasteiger partial charge in [-0.05, 0) is 62.1 Å². The molecule has 0 saturated heterocycles. The van der Waals surface area contributed by atoms with Crippen molar-refractivity contribution in [3.05, 3.63) is 70.1 Å². The summed E-state index contributed by atoms with van der Waals surface area (Å²) in [7, 11) is 0. The third kappa shape index (κ3) is 5.71. The summed E-state index contributed by atoms with van der Waals surface area (Å²) >= 11 is 5.97. The van der Waals surface area contributed by atoms with Crippen LogP contribution < -0.4 is 11.3 Å². The third-order valence-corrected chi connectivity index (χ3v) is 5.74. The van der Waals surface area contributed by atoms with Gasteiger partial charge in [0.2, 0.25) is 0 Å². The van der Waals surface area contributed by atoms with Crippen molar-refractivity contribution in [2.45, 2.75) is 44.6 Å². The highest BCUT2D eigenvalue weighted by Gasteiger charge is 2.25. The molecule has 2 aromatic carbocycles. The van der Waals surface area contributed by atoms with Gasteiger partial charge in [-0.2, -0.15) is 0 Å². The molecular weight excluding hydrogens is 439 g/mol. The van der Waals surface area contributed by atoms with Gasteiger partial charge in [0.05, 0.1) is 11.2 Å². The molecule has 4 rings (SSSR count). The largest absolute Gasteiger partial charge is 0.271 e. The van der Waals surface area contributed by atoms with Gasteiger partial charge in [-0.3, -0.25) is 11.3 Å². The molecule has 0 aliphatic heterocycles. The number of hydrogen-bond acceptors (Lipinski definition) is 4. The van der Waals surface area contributed by atoms with Crippen molar-refractivity contribution < 1.29 is 0 Å². The summed E-state index contributed by atoms with van der Waals surface area (Å²) in [6, 6.07) is 14.5. The monoisotopic (exact) mass is 464 g/mol. The molecule has 0 radical (unpaired) electrons. The fourth-order valence-corrected chi connectivity index (χ4v) is 4.13. The number of fused-ring (bicyclic) bond motifs is 1. The van der Waals surface area contributed by atoms with Gasteiger partial charge in [-0.1, -0.05) is 47.9 Å². The van der Waals surface area contributed by atoms with Crippen LogP contribution in [0.2, 0.25) is 5.02 Å². The Labute approximate surface area is 195 Å². The number of halogens is 3. The van der Waals surface area contributed by atoms with Crippen LogP contribution >= 0.6 is 36.4 Å². The number of aromatic nitrogens is 2. The predicted octanol–water partition coefficient (Wildman–Crippen LogP) is 6.10. The maximum absolute atomic E-state index is 5.97. The molecule has 1 saturated carbocycles. The molecule has 0 bridgehead atoms. The summed E-state index contributed by atoms with van der Waals surface area (Å²) in [5.74, 6) is 6.86. The van der Waals surface area contributed by atoms with Crippen molar-refractivity contribution in [3.63, 3.8) is 0 Å². The van der Waals surface area contributed by atoms with E-state index in [1.165, 1.54) is 5.56 Å². The maximum Gasteiger partial charge on any atom is 0.152 e. The highest BCUT2D eigenvalue weighted by atomic mass is 35.5. The smallest absolute Gasteiger partial charge is 0.152 e. The van der Waals surface area contributed by atoms with Crippen LogP contribution in [-0.4, -0.2) is 16.0 Å². The second kappa shape index (κ2) is 11.1. The summed E-state index contributed by atoms with van der Waals surface area (Å²) in [6.45, 7) is 2.11. The lowest BCUT2D eigenvalue weighted by atomic mass is 9.82. The molecular formula is C23H27Cl3N4. The van der Waals surface area contributed by atoms with Gasteiger partial charge in [-0.15, -0.1) is 24.8 Å². The first-order valence-electron chi connectivity index (χ1n) is 9.80. The Hall–Kier alpha value is -1.69. The number of rotatable bonds is 4. The lowest BCUT2D eigenvalue weighted by Crippen LogP contribution is -2.38. The van der Waals surface area contributed by atoms with Crippen LogP contribution in [0.4, 0.5) is 0 Å². The summed E-state index contributed by atoms with van der Waals surface area (Å²) in [5, 5.41) is 1.89. The minimum Gasteiger partial charge on any atom is -0.271 e. The molecule has 3 aromatic rings. The second-order valence-corrected chi connectivity index (χ2v) is 8.04. The number of nitrogens with one attached hydrogen (secondary N) is 1. The average Bonchev–Trinajstić information content (AvgIpc) is 2.73. The lowest BCUT2D eigenvalue weighted by molar-refractivity contribution is 0.341. The first-order chi connectivity index (χ1) is 13.6. The lowest BCUT2D eigenvalue weighted by Gasteiger charge is -2.29. The molecule has 1 heterocycles. The van der Waals surface area contributed by atoms with Gasteiger partial charge in [0.25, 0.3) is 0 Å². The molecule has 1 aromatic heterocycles. The Morgan fingerprint density at radius 1 is 1.03 bits per heavy atom. The summed E-state index contributed by atoms with van der Waals surface area (Å²) < 4.78 is 0. The van der Waals surface area contributed by atoms with E-state index < -0.39 is 0 Å². The number of aryl methyl sites for hydroxylation is 1. The zero-order valence-electron chi connectivity index (χ0n) is 16.8. The van der Waals surface area contributed by atoms with E-state index >= 15 is 0 Å². The van der Waals surface area contributed by atoms with Crippen molar-refractivity contribution in [2.75, 3.05) is 0 Å². The highest BCUT2D eigenvalue weighted by molar-refractivity contribution is 6.30. The molecule has 0 amide bonds. The molecule has 1 aliphatic rings. The van der Waals surface area contributed by atoms with Gasteiger partial charge in [0, 0.05) is 22.4 Å². The number of nitrogens with zero attached hydrogens (tertiary/aromatic N) is 2. The predicted molar refractivity (Wildman–Crippen MR) is 131 cm³/mol. The average molecular weight is 466 g/mol. The van der Waals surface area contributed by atoms with Gasteiger partial charge in [0.1, 0.15) is 0 Å². The first-order valence-corrected chi connectivity index (χ1v) is 10.2. The third-order valence-electron chi connectivity index (χ3n) is 5.49. The number of hydrogen-bond donors (Lipinski definition) is 2. The van der Waals surface area contributed by atoms with Crippen LogP contribution in [0.1, 0.15) is 54.2 Å². The van der Waals surface area contributed by atoms with Gasteiger partial charge >= 0.3 is 0 Å². The van der Waals surface area contributed by atoms with E-state index in [2.05, 4.69) is 30.5 Å². The Bertz CT molecular complexity index is 1010. The molecule has 4 nitrogen and oxygen atoms in total. The Balaban J connectivity index is 0.00000160. The van der Waals surface area contributed by atoms with E-state index in [-0.39, 0.29) is 24.8 Å². The minimum atomic E-state index is 0. The molecule has 160 valence electrons. The molecule has 7 heteroatoms. The molecule has 1 fully saturated rings. The van der Waals surface area contributed by atoms with Crippen LogP contribution in [0.3, 0.4) is 0 Å². The van der Waals surface area contributed by atoms with Gasteiger partial charge in [-0.25, -0.2) is 9.97 Å². The standard InChI is InChI=1S/C23H25ClN4.2ClH/c1-15-5-11-21-20(13-15)23(17-3-2-4-19(14-17)28-25)27-22(26-21)12-8-16-6-9-18(24)10-7-16;;/h5-13,17,19,28H,2-4,14,25H2,1H3;2*1H/t17-,19+;;/m1../s1. The first kappa shape index (κ1) is 24.6. The molecule has 30 heavy (non-hydrogen) atoms. The molecule has 0 spiro atoms. The Morgan fingerprint density at radius 2 is 1.80 bits per heavy atom. The molecule has 3 N–H and O–H groups in total. The van der Waals surface area contributed by atoms with Crippen molar-refractivity contribution in [1.29, 1.82) is 0 Å². The number of hydrazine groups is 1. The van der Waals surface area contributed by atoms with Crippen LogP contribution in [0.25, 0.3) is 23.1 Å². The SMILES string of the molecule is Cc1ccc2nc(C=Cc3ccc(Cl)cc3)nc([C@@H]3CCC[C@H](NN)C3)c2c1.Cl.Cl. The van der Waals surface area contributed by atoms with Crippen molar-refractivity contribution in [1.82, 2.24) is 15.4 Å². The minimum absolute atomic E-state index is 0.